The van der Waals surface area contributed by atoms with Crippen LogP contribution in [-0.2, 0) is 13.1 Å². The van der Waals surface area contributed by atoms with Crippen LogP contribution in [0.4, 0.5) is 5.69 Å². The Balaban J connectivity index is 1.89. The summed E-state index contributed by atoms with van der Waals surface area (Å²) in [6.45, 7) is 18.7. The van der Waals surface area contributed by atoms with Gasteiger partial charge in [-0.05, 0) is 43.5 Å². The van der Waals surface area contributed by atoms with Gasteiger partial charge in [-0.25, -0.2) is 14.6 Å². The van der Waals surface area contributed by atoms with E-state index in [-0.39, 0.29) is 5.69 Å². The number of rotatable bonds is 6. The SMILES string of the molecule is [C-]#[N+]c1ccc2c(c1)nc(Cn1c(=O)n(C(=C)C)c3ccccc31)n2CCC(C)C. The second-order valence-corrected chi connectivity index (χ2v) is 8.08. The summed E-state index contributed by atoms with van der Waals surface area (Å²) in [4.78, 5) is 21.6. The smallest absolute Gasteiger partial charge is 0.327 e. The Bertz CT molecular complexity index is 1360. The molecular formula is C24H25N5O. The lowest BCUT2D eigenvalue weighted by atomic mass is 10.1. The van der Waals surface area contributed by atoms with Crippen molar-refractivity contribution in [1.29, 1.82) is 0 Å². The first-order chi connectivity index (χ1) is 14.4. The van der Waals surface area contributed by atoms with E-state index in [2.05, 4.69) is 29.8 Å². The molecule has 0 aliphatic heterocycles. The van der Waals surface area contributed by atoms with Crippen molar-refractivity contribution in [2.45, 2.75) is 40.3 Å². The van der Waals surface area contributed by atoms with E-state index in [0.29, 0.717) is 23.8 Å². The van der Waals surface area contributed by atoms with Crippen LogP contribution in [0.15, 0.2) is 53.8 Å². The van der Waals surface area contributed by atoms with E-state index in [0.717, 1.165) is 40.9 Å². The van der Waals surface area contributed by atoms with Crippen molar-refractivity contribution in [3.8, 4) is 0 Å². The van der Waals surface area contributed by atoms with Crippen LogP contribution < -0.4 is 5.69 Å². The Labute approximate surface area is 175 Å². The maximum Gasteiger partial charge on any atom is 0.333 e. The summed E-state index contributed by atoms with van der Waals surface area (Å²) < 4.78 is 5.59. The molecule has 0 amide bonds. The largest absolute Gasteiger partial charge is 0.333 e. The summed E-state index contributed by atoms with van der Waals surface area (Å²) in [5, 5.41) is 0. The molecule has 4 aromatic rings. The minimum atomic E-state index is -0.118. The molecule has 6 nitrogen and oxygen atoms in total. The molecule has 0 radical (unpaired) electrons. The molecule has 4 rings (SSSR count). The fourth-order valence-electron chi connectivity index (χ4n) is 3.87. The molecule has 30 heavy (non-hydrogen) atoms. The molecular weight excluding hydrogens is 374 g/mol. The van der Waals surface area contributed by atoms with Crippen LogP contribution >= 0.6 is 0 Å². The van der Waals surface area contributed by atoms with Crippen molar-refractivity contribution in [2.75, 3.05) is 0 Å². The topological polar surface area (TPSA) is 49.1 Å². The lowest BCUT2D eigenvalue weighted by Crippen LogP contribution is -2.25. The highest BCUT2D eigenvalue weighted by atomic mass is 16.1. The van der Waals surface area contributed by atoms with E-state index >= 15 is 0 Å². The Kier molecular flexibility index (Phi) is 5.04. The molecule has 152 valence electrons. The molecule has 0 spiro atoms. The lowest BCUT2D eigenvalue weighted by molar-refractivity contribution is 0.507. The lowest BCUT2D eigenvalue weighted by Gasteiger charge is -2.11. The van der Waals surface area contributed by atoms with E-state index in [1.165, 1.54) is 0 Å². The van der Waals surface area contributed by atoms with Gasteiger partial charge in [-0.2, -0.15) is 0 Å². The first-order valence-electron chi connectivity index (χ1n) is 10.1. The predicted molar refractivity (Wildman–Crippen MR) is 122 cm³/mol. The van der Waals surface area contributed by atoms with E-state index < -0.39 is 0 Å². The van der Waals surface area contributed by atoms with Crippen LogP contribution in [0.25, 0.3) is 32.6 Å². The van der Waals surface area contributed by atoms with Crippen LogP contribution in [0.2, 0.25) is 0 Å². The van der Waals surface area contributed by atoms with Crippen LogP contribution in [0.1, 0.15) is 33.0 Å². The molecule has 0 unspecified atom stereocenters. The average molecular weight is 399 g/mol. The van der Waals surface area contributed by atoms with Crippen LogP contribution in [0, 0.1) is 12.5 Å². The molecule has 2 aromatic heterocycles. The number of allylic oxidation sites excluding steroid dienone is 1. The highest BCUT2D eigenvalue weighted by Gasteiger charge is 2.18. The number of para-hydroxylation sites is 2. The average Bonchev–Trinajstić information content (AvgIpc) is 3.20. The minimum absolute atomic E-state index is 0.118. The third-order valence-electron chi connectivity index (χ3n) is 5.39. The van der Waals surface area contributed by atoms with Crippen molar-refractivity contribution in [3.05, 3.63) is 76.8 Å². The molecule has 0 aliphatic rings. The van der Waals surface area contributed by atoms with Crippen LogP contribution in [0.5, 0.6) is 0 Å². The monoisotopic (exact) mass is 399 g/mol. The molecule has 0 atom stereocenters. The van der Waals surface area contributed by atoms with Crippen molar-refractivity contribution in [1.82, 2.24) is 18.7 Å². The molecule has 0 saturated heterocycles. The maximum absolute atomic E-state index is 13.2. The summed E-state index contributed by atoms with van der Waals surface area (Å²) in [7, 11) is 0. The van der Waals surface area contributed by atoms with Gasteiger partial charge in [0.25, 0.3) is 0 Å². The Hall–Kier alpha value is -3.59. The second-order valence-electron chi connectivity index (χ2n) is 8.08. The van der Waals surface area contributed by atoms with Gasteiger partial charge in [-0.15, -0.1) is 0 Å². The summed E-state index contributed by atoms with van der Waals surface area (Å²) >= 11 is 0. The molecule has 0 N–H and O–H groups in total. The van der Waals surface area contributed by atoms with Gasteiger partial charge >= 0.3 is 5.69 Å². The Morgan fingerprint density at radius 2 is 1.87 bits per heavy atom. The van der Waals surface area contributed by atoms with Crippen molar-refractivity contribution >= 4 is 33.5 Å². The van der Waals surface area contributed by atoms with Gasteiger partial charge in [0, 0.05) is 12.2 Å². The fraction of sp³-hybridized carbons (Fsp3) is 0.292. The quantitative estimate of drug-likeness (QED) is 0.414. The molecule has 6 heteroatoms. The van der Waals surface area contributed by atoms with Crippen LogP contribution in [-0.4, -0.2) is 18.7 Å². The maximum atomic E-state index is 13.2. The summed E-state index contributed by atoms with van der Waals surface area (Å²) in [6.07, 6.45) is 1.01. The predicted octanol–water partition coefficient (Wildman–Crippen LogP) is 5.29. The van der Waals surface area contributed by atoms with Gasteiger partial charge in [0.1, 0.15) is 5.82 Å². The van der Waals surface area contributed by atoms with Gasteiger partial charge < -0.3 is 4.57 Å². The van der Waals surface area contributed by atoms with Crippen molar-refractivity contribution < 1.29 is 0 Å². The highest BCUT2D eigenvalue weighted by molar-refractivity contribution is 5.81. The summed E-state index contributed by atoms with van der Waals surface area (Å²) in [5.74, 6) is 1.37. The third kappa shape index (κ3) is 3.33. The summed E-state index contributed by atoms with van der Waals surface area (Å²) in [5.41, 5.74) is 4.62. The number of aromatic nitrogens is 4. The standard InChI is InChI=1S/C24H25N5O/c1-16(2)12-13-27-20-11-10-18(25-5)14-19(20)26-23(27)15-28-21-8-6-7-9-22(21)29(17(3)4)24(28)30/h6-11,14,16H,3,12-13,15H2,1-2,4H3. The zero-order valence-corrected chi connectivity index (χ0v) is 17.6. The number of hydrogen-bond donors (Lipinski definition) is 0. The number of fused-ring (bicyclic) bond motifs is 2. The van der Waals surface area contributed by atoms with Crippen molar-refractivity contribution in [3.63, 3.8) is 0 Å². The highest BCUT2D eigenvalue weighted by Crippen LogP contribution is 2.25. The zero-order valence-electron chi connectivity index (χ0n) is 17.6. The molecule has 2 aromatic carbocycles. The number of nitrogens with zero attached hydrogens (tertiary/aromatic N) is 5. The molecule has 0 bridgehead atoms. The zero-order chi connectivity index (χ0) is 21.4. The van der Waals surface area contributed by atoms with Gasteiger partial charge in [-0.1, -0.05) is 38.6 Å². The van der Waals surface area contributed by atoms with Crippen LogP contribution in [0.3, 0.4) is 0 Å². The molecule has 0 saturated carbocycles. The Morgan fingerprint density at radius 1 is 1.13 bits per heavy atom. The second kappa shape index (κ2) is 7.68. The fourth-order valence-corrected chi connectivity index (χ4v) is 3.87. The number of hydrogen-bond acceptors (Lipinski definition) is 2. The van der Waals surface area contributed by atoms with Gasteiger partial charge in [0.2, 0.25) is 0 Å². The molecule has 2 heterocycles. The molecule has 0 fully saturated rings. The van der Waals surface area contributed by atoms with Gasteiger partial charge in [0.05, 0.1) is 35.2 Å². The molecule has 0 aliphatic carbocycles. The van der Waals surface area contributed by atoms with E-state index in [1.807, 2.05) is 49.4 Å². The van der Waals surface area contributed by atoms with E-state index in [1.54, 1.807) is 9.13 Å². The van der Waals surface area contributed by atoms with E-state index in [4.69, 9.17) is 11.6 Å². The third-order valence-corrected chi connectivity index (χ3v) is 5.39. The summed E-state index contributed by atoms with van der Waals surface area (Å²) in [6, 6.07) is 13.4. The first-order valence-corrected chi connectivity index (χ1v) is 10.1. The normalized spacial score (nSPS) is 11.4. The minimum Gasteiger partial charge on any atom is -0.327 e. The number of aryl methyl sites for hydroxylation is 1. The number of benzene rings is 2. The van der Waals surface area contributed by atoms with Gasteiger partial charge in [0.15, 0.2) is 5.69 Å². The van der Waals surface area contributed by atoms with Crippen molar-refractivity contribution in [2.24, 2.45) is 5.92 Å². The first kappa shape index (κ1) is 19.7. The van der Waals surface area contributed by atoms with Gasteiger partial charge in [-0.3, -0.25) is 9.13 Å². The van der Waals surface area contributed by atoms with E-state index in [9.17, 15) is 4.79 Å². The number of imidazole rings is 2. The Morgan fingerprint density at radius 3 is 2.53 bits per heavy atom.